The Balaban J connectivity index is 2.32. The molecular weight excluding hydrogens is 300 g/mol. The van der Waals surface area contributed by atoms with Gasteiger partial charge in [-0.15, -0.1) is 0 Å². The lowest BCUT2D eigenvalue weighted by molar-refractivity contribution is 0.0725. The van der Waals surface area contributed by atoms with Gasteiger partial charge >= 0.3 is 8.56 Å². The zero-order valence-electron chi connectivity index (χ0n) is 13.6. The lowest BCUT2D eigenvalue weighted by Gasteiger charge is -2.34. The number of rotatable bonds is 9. The Labute approximate surface area is 133 Å². The van der Waals surface area contributed by atoms with Gasteiger partial charge in [0.2, 0.25) is 0 Å². The largest absolute Gasteiger partial charge is 0.400 e. The topological polar surface area (TPSA) is 27.7 Å². The smallest absolute Gasteiger partial charge is 0.387 e. The van der Waals surface area contributed by atoms with E-state index in [2.05, 4.69) is 52.8 Å². The van der Waals surface area contributed by atoms with Crippen molar-refractivity contribution in [1.82, 2.24) is 0 Å². The summed E-state index contributed by atoms with van der Waals surface area (Å²) >= 11 is 1.82. The van der Waals surface area contributed by atoms with E-state index in [1.165, 1.54) is 15.0 Å². The Morgan fingerprint density at radius 1 is 1.10 bits per heavy atom. The molecule has 1 aromatic rings. The monoisotopic (exact) mass is 326 g/mol. The van der Waals surface area contributed by atoms with Crippen LogP contribution in [0.1, 0.15) is 41.0 Å². The second-order valence-corrected chi connectivity index (χ2v) is 9.73. The first-order valence-corrected chi connectivity index (χ1v) is 10.6. The number of hydrogen-bond donors (Lipinski definition) is 0. The van der Waals surface area contributed by atoms with Crippen molar-refractivity contribution in [2.45, 2.75) is 63.0 Å². The summed E-state index contributed by atoms with van der Waals surface area (Å²) in [5.41, 5.74) is 0. The highest BCUT2D eigenvalue weighted by Gasteiger charge is 2.47. The lowest BCUT2D eigenvalue weighted by atomic mass is 10.4. The van der Waals surface area contributed by atoms with Crippen LogP contribution in [0.3, 0.4) is 0 Å². The van der Waals surface area contributed by atoms with Crippen molar-refractivity contribution in [3.8, 4) is 0 Å². The molecule has 5 heteroatoms. The molecule has 0 aromatic heterocycles. The van der Waals surface area contributed by atoms with E-state index < -0.39 is 8.56 Å². The normalized spacial score (nSPS) is 13.9. The molecule has 1 aromatic carbocycles. The SMILES string of the molecule is CCCOC[Si](OC(C)C)(OC(C)C)c1cccc2c1S2. The molecule has 0 radical (unpaired) electrons. The van der Waals surface area contributed by atoms with E-state index in [4.69, 9.17) is 13.6 Å². The van der Waals surface area contributed by atoms with Gasteiger partial charge in [0.05, 0.1) is 6.23 Å². The van der Waals surface area contributed by atoms with Crippen LogP contribution < -0.4 is 5.19 Å². The van der Waals surface area contributed by atoms with Crippen molar-refractivity contribution in [3.05, 3.63) is 18.2 Å². The molecule has 0 saturated heterocycles. The first kappa shape index (κ1) is 17.0. The van der Waals surface area contributed by atoms with Crippen LogP contribution in [0.25, 0.3) is 0 Å². The first-order chi connectivity index (χ1) is 9.98. The molecule has 0 fully saturated rings. The van der Waals surface area contributed by atoms with E-state index >= 15 is 0 Å². The molecule has 0 spiro atoms. The average molecular weight is 327 g/mol. The van der Waals surface area contributed by atoms with Crippen LogP contribution in [0.4, 0.5) is 0 Å². The summed E-state index contributed by atoms with van der Waals surface area (Å²) in [5, 5.41) is 1.24. The summed E-state index contributed by atoms with van der Waals surface area (Å²) in [5.74, 6) is 0. The summed E-state index contributed by atoms with van der Waals surface area (Å²) < 4.78 is 18.6. The molecule has 0 saturated carbocycles. The van der Waals surface area contributed by atoms with Crippen LogP contribution in [0, 0.1) is 0 Å². The van der Waals surface area contributed by atoms with Gasteiger partial charge in [0, 0.05) is 33.8 Å². The molecule has 0 aliphatic carbocycles. The molecular formula is C16H26O3SSi. The Morgan fingerprint density at radius 3 is 2.33 bits per heavy atom. The molecule has 1 heterocycles. The van der Waals surface area contributed by atoms with Crippen LogP contribution in [-0.2, 0) is 13.6 Å². The molecule has 0 bridgehead atoms. The number of hydrogen-bond acceptors (Lipinski definition) is 4. The van der Waals surface area contributed by atoms with E-state index in [9.17, 15) is 0 Å². The predicted octanol–water partition coefficient (Wildman–Crippen LogP) is 3.62. The number of ether oxygens (including phenoxy) is 1. The van der Waals surface area contributed by atoms with Crippen LogP contribution in [0.5, 0.6) is 0 Å². The maximum absolute atomic E-state index is 6.37. The van der Waals surface area contributed by atoms with Crippen molar-refractivity contribution in [1.29, 1.82) is 0 Å². The quantitative estimate of drug-likeness (QED) is 0.400. The molecule has 2 rings (SSSR count). The summed E-state index contributed by atoms with van der Waals surface area (Å²) in [6.07, 6.45) is 1.82. The molecule has 21 heavy (non-hydrogen) atoms. The third kappa shape index (κ3) is 4.33. The van der Waals surface area contributed by atoms with Gasteiger partial charge < -0.3 is 13.6 Å². The highest BCUT2D eigenvalue weighted by Crippen LogP contribution is 2.47. The van der Waals surface area contributed by atoms with E-state index in [-0.39, 0.29) is 12.2 Å². The van der Waals surface area contributed by atoms with Crippen molar-refractivity contribution in [3.63, 3.8) is 0 Å². The Bertz CT molecular complexity index is 467. The minimum absolute atomic E-state index is 0.125. The third-order valence-electron chi connectivity index (χ3n) is 3.05. The van der Waals surface area contributed by atoms with E-state index in [1.54, 1.807) is 0 Å². The van der Waals surface area contributed by atoms with Crippen LogP contribution in [0.15, 0.2) is 28.0 Å². The Hall–Kier alpha value is -0.333. The standard InChI is InChI=1S/C16H26O3SSi/c1-6-10-17-11-21(18-12(2)3,19-13(4)5)15-9-7-8-14-16(15)20-14/h7-9,12-13H,6,10-11H2,1-5H3. The van der Waals surface area contributed by atoms with Gasteiger partial charge in [-0.05, 0) is 40.2 Å². The van der Waals surface area contributed by atoms with Crippen LogP contribution in [0.2, 0.25) is 0 Å². The summed E-state index contributed by atoms with van der Waals surface area (Å²) in [4.78, 5) is 2.69. The predicted molar refractivity (Wildman–Crippen MR) is 89.5 cm³/mol. The fourth-order valence-corrected chi connectivity index (χ4v) is 7.15. The highest BCUT2D eigenvalue weighted by atomic mass is 32.2. The van der Waals surface area contributed by atoms with Gasteiger partial charge in [0.1, 0.15) is 0 Å². The maximum atomic E-state index is 6.37. The van der Waals surface area contributed by atoms with Gasteiger partial charge in [-0.1, -0.05) is 30.8 Å². The summed E-state index contributed by atoms with van der Waals surface area (Å²) in [7, 11) is -2.57. The zero-order chi connectivity index (χ0) is 15.5. The molecule has 118 valence electrons. The minimum atomic E-state index is -2.57. The lowest BCUT2D eigenvalue weighted by Crippen LogP contribution is -2.60. The van der Waals surface area contributed by atoms with E-state index in [1.807, 2.05) is 11.8 Å². The van der Waals surface area contributed by atoms with Crippen molar-refractivity contribution >= 4 is 25.5 Å². The van der Waals surface area contributed by atoms with E-state index in [0.29, 0.717) is 6.23 Å². The Kier molecular flexibility index (Phi) is 5.91. The number of benzene rings is 1. The molecule has 3 nitrogen and oxygen atoms in total. The average Bonchev–Trinajstić information content (AvgIpc) is 3.16. The molecule has 1 aliphatic rings. The fourth-order valence-electron chi connectivity index (χ4n) is 2.40. The van der Waals surface area contributed by atoms with Gasteiger partial charge in [-0.3, -0.25) is 0 Å². The number of fused-ring (bicyclic) bond motifs is 1. The second-order valence-electron chi connectivity index (χ2n) is 5.87. The molecule has 1 aliphatic heterocycles. The molecule has 0 atom stereocenters. The molecule has 0 N–H and O–H groups in total. The highest BCUT2D eigenvalue weighted by molar-refractivity contribution is 8.05. The zero-order valence-corrected chi connectivity index (χ0v) is 15.5. The fraction of sp³-hybridized carbons (Fsp3) is 0.625. The van der Waals surface area contributed by atoms with Crippen molar-refractivity contribution < 1.29 is 13.6 Å². The Morgan fingerprint density at radius 2 is 1.76 bits per heavy atom. The van der Waals surface area contributed by atoms with Gasteiger partial charge in [0.25, 0.3) is 0 Å². The minimum Gasteiger partial charge on any atom is -0.387 e. The van der Waals surface area contributed by atoms with Gasteiger partial charge in [-0.25, -0.2) is 0 Å². The van der Waals surface area contributed by atoms with Gasteiger partial charge in [0.15, 0.2) is 0 Å². The summed E-state index contributed by atoms with van der Waals surface area (Å²) in [6, 6.07) is 6.41. The van der Waals surface area contributed by atoms with Gasteiger partial charge in [-0.2, -0.15) is 0 Å². The van der Waals surface area contributed by atoms with Crippen LogP contribution >= 0.6 is 11.8 Å². The maximum Gasteiger partial charge on any atom is 0.400 e. The molecule has 0 unspecified atom stereocenters. The first-order valence-electron chi connectivity index (χ1n) is 7.73. The third-order valence-corrected chi connectivity index (χ3v) is 7.76. The second kappa shape index (κ2) is 7.29. The van der Waals surface area contributed by atoms with Crippen LogP contribution in [-0.4, -0.2) is 33.6 Å². The van der Waals surface area contributed by atoms with Crippen molar-refractivity contribution in [2.24, 2.45) is 0 Å². The van der Waals surface area contributed by atoms with E-state index in [0.717, 1.165) is 13.0 Å². The summed E-state index contributed by atoms with van der Waals surface area (Å²) in [6.45, 7) is 11.1. The van der Waals surface area contributed by atoms with Crippen molar-refractivity contribution in [2.75, 3.05) is 12.8 Å². The molecule has 0 amide bonds.